The molecule has 1 aliphatic heterocycles. The summed E-state index contributed by atoms with van der Waals surface area (Å²) in [5.41, 5.74) is 9.10. The van der Waals surface area contributed by atoms with Crippen LogP contribution >= 0.6 is 15.9 Å². The van der Waals surface area contributed by atoms with Crippen molar-refractivity contribution in [2.75, 3.05) is 13.2 Å². The number of hydrogen-bond donors (Lipinski definition) is 1. The number of halogens is 1. The number of benzene rings is 1. The molecule has 0 spiro atoms. The van der Waals surface area contributed by atoms with E-state index in [1.807, 2.05) is 0 Å². The molecule has 1 aromatic rings. The summed E-state index contributed by atoms with van der Waals surface area (Å²) in [6, 6.07) is 2.19. The molecule has 0 unspecified atom stereocenters. The predicted octanol–water partition coefficient (Wildman–Crippen LogP) is 4.85. The van der Waals surface area contributed by atoms with Crippen molar-refractivity contribution >= 4 is 15.9 Å². The maximum absolute atomic E-state index is 6.84. The molecular weight excluding hydrogens is 342 g/mol. The molecule has 0 aromatic heterocycles. The lowest BCUT2D eigenvalue weighted by Gasteiger charge is -2.37. The van der Waals surface area contributed by atoms with Gasteiger partial charge in [0.25, 0.3) is 0 Å². The smallest absolute Gasteiger partial charge is 0.175 e. The highest BCUT2D eigenvalue weighted by Crippen LogP contribution is 2.49. The summed E-state index contributed by atoms with van der Waals surface area (Å²) < 4.78 is 13.0. The van der Waals surface area contributed by atoms with Gasteiger partial charge >= 0.3 is 0 Å². The van der Waals surface area contributed by atoms with Crippen molar-refractivity contribution in [2.24, 2.45) is 5.73 Å². The number of fused-ring (bicyclic) bond motifs is 1. The van der Waals surface area contributed by atoms with Gasteiger partial charge in [-0.25, -0.2) is 0 Å². The van der Waals surface area contributed by atoms with E-state index in [1.54, 1.807) is 0 Å². The lowest BCUT2D eigenvalue weighted by Crippen LogP contribution is -2.39. The first-order chi connectivity index (χ1) is 10.5. The van der Waals surface area contributed by atoms with E-state index in [1.165, 1.54) is 30.4 Å². The van der Waals surface area contributed by atoms with Gasteiger partial charge in [0.05, 0.1) is 17.7 Å². The third-order valence-electron chi connectivity index (χ3n) is 4.87. The molecule has 4 heteroatoms. The standard InChI is InChI=1S/C18H26BrNO2/c1-12(2)15-13(18(20)7-4-3-5-8-18)11-14(19)16-17(15)22-10-6-9-21-16/h11-12H,3-10,20H2,1-2H3. The van der Waals surface area contributed by atoms with Crippen LogP contribution < -0.4 is 15.2 Å². The van der Waals surface area contributed by atoms with Gasteiger partial charge in [0.2, 0.25) is 0 Å². The Bertz CT molecular complexity index is 551. The zero-order chi connectivity index (χ0) is 15.7. The highest BCUT2D eigenvalue weighted by molar-refractivity contribution is 9.10. The van der Waals surface area contributed by atoms with Crippen molar-refractivity contribution in [1.82, 2.24) is 0 Å². The molecule has 0 radical (unpaired) electrons. The topological polar surface area (TPSA) is 44.5 Å². The van der Waals surface area contributed by atoms with Crippen molar-refractivity contribution in [3.05, 3.63) is 21.7 Å². The molecule has 1 heterocycles. The van der Waals surface area contributed by atoms with Crippen LogP contribution in [0.2, 0.25) is 0 Å². The first kappa shape index (κ1) is 16.1. The summed E-state index contributed by atoms with van der Waals surface area (Å²) in [5.74, 6) is 2.12. The van der Waals surface area contributed by atoms with E-state index in [9.17, 15) is 0 Å². The number of nitrogens with two attached hydrogens (primary N) is 1. The van der Waals surface area contributed by atoms with Gasteiger partial charge in [0.15, 0.2) is 11.5 Å². The minimum Gasteiger partial charge on any atom is -0.489 e. The van der Waals surface area contributed by atoms with E-state index in [4.69, 9.17) is 15.2 Å². The zero-order valence-corrected chi connectivity index (χ0v) is 15.2. The Morgan fingerprint density at radius 2 is 1.68 bits per heavy atom. The number of hydrogen-bond acceptors (Lipinski definition) is 3. The molecule has 122 valence electrons. The fourth-order valence-corrected chi connectivity index (χ4v) is 4.27. The highest BCUT2D eigenvalue weighted by atomic mass is 79.9. The van der Waals surface area contributed by atoms with E-state index in [0.717, 1.165) is 35.2 Å². The van der Waals surface area contributed by atoms with Crippen LogP contribution in [0.15, 0.2) is 10.5 Å². The molecule has 1 saturated carbocycles. The van der Waals surface area contributed by atoms with Crippen molar-refractivity contribution in [3.63, 3.8) is 0 Å². The lowest BCUT2D eigenvalue weighted by atomic mass is 9.74. The SMILES string of the molecule is CC(C)c1c(C2(N)CCCCC2)cc(Br)c2c1OCCCO2. The monoisotopic (exact) mass is 367 g/mol. The Morgan fingerprint density at radius 3 is 2.32 bits per heavy atom. The van der Waals surface area contributed by atoms with Crippen LogP contribution in [-0.4, -0.2) is 13.2 Å². The number of ether oxygens (including phenoxy) is 2. The third-order valence-corrected chi connectivity index (χ3v) is 5.46. The van der Waals surface area contributed by atoms with Crippen LogP contribution in [0.5, 0.6) is 11.5 Å². The first-order valence-electron chi connectivity index (χ1n) is 8.44. The normalized spacial score (nSPS) is 20.8. The third kappa shape index (κ3) is 2.88. The predicted molar refractivity (Wildman–Crippen MR) is 92.8 cm³/mol. The minimum absolute atomic E-state index is 0.231. The Kier molecular flexibility index (Phi) is 4.69. The number of rotatable bonds is 2. The van der Waals surface area contributed by atoms with E-state index in [0.29, 0.717) is 19.1 Å². The van der Waals surface area contributed by atoms with Crippen LogP contribution in [0.4, 0.5) is 0 Å². The fourth-order valence-electron chi connectivity index (χ4n) is 3.75. The largest absolute Gasteiger partial charge is 0.489 e. The molecule has 1 fully saturated rings. The molecule has 0 amide bonds. The lowest BCUT2D eigenvalue weighted by molar-refractivity contribution is 0.289. The van der Waals surface area contributed by atoms with Crippen molar-refractivity contribution in [2.45, 2.75) is 63.8 Å². The van der Waals surface area contributed by atoms with Gasteiger partial charge in [-0.15, -0.1) is 0 Å². The fraction of sp³-hybridized carbons (Fsp3) is 0.667. The van der Waals surface area contributed by atoms with Crippen molar-refractivity contribution < 1.29 is 9.47 Å². The molecule has 1 aliphatic carbocycles. The second kappa shape index (κ2) is 6.40. The Balaban J connectivity index is 2.17. The van der Waals surface area contributed by atoms with E-state index in [-0.39, 0.29) is 5.54 Å². The average Bonchev–Trinajstić information content (AvgIpc) is 2.73. The average molecular weight is 368 g/mol. The molecular formula is C18H26BrNO2. The molecule has 3 nitrogen and oxygen atoms in total. The molecule has 1 aromatic carbocycles. The summed E-state index contributed by atoms with van der Waals surface area (Å²) in [7, 11) is 0. The quantitative estimate of drug-likeness (QED) is 0.812. The van der Waals surface area contributed by atoms with Gasteiger partial charge in [-0.1, -0.05) is 33.1 Å². The molecule has 0 saturated heterocycles. The van der Waals surface area contributed by atoms with Gasteiger partial charge in [-0.3, -0.25) is 0 Å². The maximum Gasteiger partial charge on any atom is 0.175 e. The minimum atomic E-state index is -0.231. The highest BCUT2D eigenvalue weighted by Gasteiger charge is 2.35. The van der Waals surface area contributed by atoms with Gasteiger partial charge < -0.3 is 15.2 Å². The van der Waals surface area contributed by atoms with Gasteiger partial charge in [-0.05, 0) is 46.3 Å². The maximum atomic E-state index is 6.84. The second-order valence-electron chi connectivity index (χ2n) is 6.90. The molecule has 0 atom stereocenters. The second-order valence-corrected chi connectivity index (χ2v) is 7.75. The van der Waals surface area contributed by atoms with Crippen LogP contribution in [0.25, 0.3) is 0 Å². The van der Waals surface area contributed by atoms with E-state index in [2.05, 4.69) is 35.8 Å². The van der Waals surface area contributed by atoms with Gasteiger partial charge in [0.1, 0.15) is 0 Å². The summed E-state index contributed by atoms with van der Waals surface area (Å²) in [5, 5.41) is 0. The van der Waals surface area contributed by atoms with E-state index >= 15 is 0 Å². The summed E-state index contributed by atoms with van der Waals surface area (Å²) in [6.45, 7) is 5.84. The van der Waals surface area contributed by atoms with E-state index < -0.39 is 0 Å². The van der Waals surface area contributed by atoms with Crippen LogP contribution in [0.1, 0.15) is 69.4 Å². The van der Waals surface area contributed by atoms with Crippen LogP contribution in [-0.2, 0) is 5.54 Å². The van der Waals surface area contributed by atoms with Crippen molar-refractivity contribution in [3.8, 4) is 11.5 Å². The molecule has 0 bridgehead atoms. The first-order valence-corrected chi connectivity index (χ1v) is 9.23. The molecule has 2 N–H and O–H groups in total. The summed E-state index contributed by atoms with van der Waals surface area (Å²) in [6.07, 6.45) is 6.74. The molecule has 3 rings (SSSR count). The van der Waals surface area contributed by atoms with Crippen LogP contribution in [0.3, 0.4) is 0 Å². The van der Waals surface area contributed by atoms with Crippen molar-refractivity contribution in [1.29, 1.82) is 0 Å². The molecule has 2 aliphatic rings. The Hall–Kier alpha value is -0.740. The summed E-state index contributed by atoms with van der Waals surface area (Å²) in [4.78, 5) is 0. The summed E-state index contributed by atoms with van der Waals surface area (Å²) >= 11 is 3.68. The Morgan fingerprint density at radius 1 is 1.05 bits per heavy atom. The Labute approximate surface area is 141 Å². The van der Waals surface area contributed by atoms with Gasteiger partial charge in [0, 0.05) is 17.5 Å². The van der Waals surface area contributed by atoms with Gasteiger partial charge in [-0.2, -0.15) is 0 Å². The van der Waals surface area contributed by atoms with Crippen LogP contribution in [0, 0.1) is 0 Å². The zero-order valence-electron chi connectivity index (χ0n) is 13.6. The molecule has 22 heavy (non-hydrogen) atoms.